The SMILES string of the molecule is O=[N+]1N[CH]CO1. The molecule has 4 heteroatoms. The molecule has 1 rings (SSSR count). The van der Waals surface area contributed by atoms with Crippen molar-refractivity contribution in [2.45, 2.75) is 0 Å². The molecule has 1 fully saturated rings. The van der Waals surface area contributed by atoms with Crippen LogP contribution in [0.15, 0.2) is 0 Å². The van der Waals surface area contributed by atoms with Crippen LogP contribution in [0.4, 0.5) is 0 Å². The van der Waals surface area contributed by atoms with Crippen molar-refractivity contribution in [3.05, 3.63) is 11.5 Å². The normalized spacial score (nSPS) is 19.7. The molecule has 0 aromatic rings. The minimum Gasteiger partial charge on any atom is -0.203 e. The fourth-order valence-electron chi connectivity index (χ4n) is 0.254. The third kappa shape index (κ3) is 0.403. The van der Waals surface area contributed by atoms with Gasteiger partial charge in [-0.1, -0.05) is 5.43 Å². The number of hydrogen-bond donors (Lipinski definition) is 1. The summed E-state index contributed by atoms with van der Waals surface area (Å²) in [6.07, 6.45) is 0. The second-order valence-electron chi connectivity index (χ2n) is 0.886. The molecule has 0 aromatic heterocycles. The van der Waals surface area contributed by atoms with Crippen molar-refractivity contribution >= 4 is 0 Å². The van der Waals surface area contributed by atoms with E-state index in [0.29, 0.717) is 11.6 Å². The van der Waals surface area contributed by atoms with Crippen molar-refractivity contribution in [3.8, 4) is 0 Å². The minimum atomic E-state index is 0.306. The van der Waals surface area contributed by atoms with Gasteiger partial charge >= 0.3 is 5.03 Å². The number of hydrogen-bond acceptors (Lipinski definition) is 2. The van der Waals surface area contributed by atoms with E-state index in [9.17, 15) is 4.91 Å². The van der Waals surface area contributed by atoms with Crippen LogP contribution >= 0.6 is 0 Å². The lowest BCUT2D eigenvalue weighted by molar-refractivity contribution is -0.817. The summed E-state index contributed by atoms with van der Waals surface area (Å²) in [5.41, 5.74) is 2.25. The topological polar surface area (TPSA) is 41.3 Å². The fraction of sp³-hybridized carbons (Fsp3) is 0.500. The van der Waals surface area contributed by atoms with E-state index in [-0.39, 0.29) is 0 Å². The van der Waals surface area contributed by atoms with Crippen molar-refractivity contribution < 1.29 is 9.87 Å². The molecule has 1 heterocycles. The van der Waals surface area contributed by atoms with Crippen molar-refractivity contribution in [2.75, 3.05) is 6.61 Å². The highest BCUT2D eigenvalue weighted by molar-refractivity contribution is 4.50. The van der Waals surface area contributed by atoms with Crippen LogP contribution in [0.5, 0.6) is 0 Å². The van der Waals surface area contributed by atoms with Crippen LogP contribution in [0.25, 0.3) is 0 Å². The second kappa shape index (κ2) is 1.12. The lowest BCUT2D eigenvalue weighted by Crippen LogP contribution is -2.11. The predicted octanol–water partition coefficient (Wildman–Crippen LogP) is -0.623. The summed E-state index contributed by atoms with van der Waals surface area (Å²) >= 11 is 0. The zero-order chi connectivity index (χ0) is 4.41. The summed E-state index contributed by atoms with van der Waals surface area (Å²) in [5.74, 6) is 0. The first-order valence-electron chi connectivity index (χ1n) is 1.57. The summed E-state index contributed by atoms with van der Waals surface area (Å²) < 4.78 is 0. The van der Waals surface area contributed by atoms with Crippen molar-refractivity contribution in [3.63, 3.8) is 0 Å². The fourth-order valence-corrected chi connectivity index (χ4v) is 0.254. The molecule has 0 bridgehead atoms. The predicted molar refractivity (Wildman–Crippen MR) is 17.0 cm³/mol. The number of nitrogens with one attached hydrogen (secondary N) is 1. The Balaban J connectivity index is 2.37. The van der Waals surface area contributed by atoms with E-state index in [4.69, 9.17) is 0 Å². The van der Waals surface area contributed by atoms with Gasteiger partial charge in [0.05, 0.1) is 0 Å². The van der Waals surface area contributed by atoms with Crippen LogP contribution in [0, 0.1) is 11.5 Å². The number of rotatable bonds is 0. The molecule has 1 aliphatic heterocycles. The average molecular weight is 88.1 g/mol. The smallest absolute Gasteiger partial charge is 0.203 e. The molecule has 0 aromatic carbocycles. The molecule has 1 N–H and O–H groups in total. The lowest BCUT2D eigenvalue weighted by Gasteiger charge is -1.66. The molecule has 1 aliphatic rings. The maximum atomic E-state index is 9.80. The lowest BCUT2D eigenvalue weighted by atomic mass is 10.8. The molecule has 0 amide bonds. The van der Waals surface area contributed by atoms with Gasteiger partial charge in [-0.05, 0) is 0 Å². The molecule has 33 valence electrons. The molecule has 0 atom stereocenters. The van der Waals surface area contributed by atoms with E-state index in [1.165, 1.54) is 6.54 Å². The van der Waals surface area contributed by atoms with Crippen LogP contribution in [0.3, 0.4) is 0 Å². The highest BCUT2D eigenvalue weighted by Crippen LogP contribution is 1.83. The van der Waals surface area contributed by atoms with E-state index < -0.39 is 0 Å². The van der Waals surface area contributed by atoms with Gasteiger partial charge in [0.1, 0.15) is 4.91 Å². The zero-order valence-corrected chi connectivity index (χ0v) is 3.05. The molecule has 1 radical (unpaired) electrons. The Morgan fingerprint density at radius 1 is 2.00 bits per heavy atom. The van der Waals surface area contributed by atoms with Gasteiger partial charge < -0.3 is 0 Å². The monoisotopic (exact) mass is 88.0 g/mol. The molecule has 0 spiro atoms. The van der Waals surface area contributed by atoms with Gasteiger partial charge in [0.25, 0.3) is 0 Å². The van der Waals surface area contributed by atoms with Crippen molar-refractivity contribution in [2.24, 2.45) is 0 Å². The van der Waals surface area contributed by atoms with E-state index in [1.807, 2.05) is 0 Å². The van der Waals surface area contributed by atoms with E-state index >= 15 is 0 Å². The molecular weight excluding hydrogens is 84.0 g/mol. The first kappa shape index (κ1) is 3.39. The Bertz CT molecular complexity index is 63.9. The molecule has 4 nitrogen and oxygen atoms in total. The van der Waals surface area contributed by atoms with Gasteiger partial charge in [0.2, 0.25) is 0 Å². The molecule has 6 heavy (non-hydrogen) atoms. The zero-order valence-electron chi connectivity index (χ0n) is 3.05. The number of hydrazine groups is 1. The van der Waals surface area contributed by atoms with Crippen LogP contribution in [0.2, 0.25) is 0 Å². The van der Waals surface area contributed by atoms with E-state index in [1.54, 1.807) is 0 Å². The highest BCUT2D eigenvalue weighted by atomic mass is 16.8. The average Bonchev–Trinajstić information content (AvgIpc) is 1.86. The minimum absolute atomic E-state index is 0.306. The third-order valence-electron chi connectivity index (χ3n) is 0.472. The van der Waals surface area contributed by atoms with Gasteiger partial charge in [0, 0.05) is 0 Å². The third-order valence-corrected chi connectivity index (χ3v) is 0.472. The Morgan fingerprint density at radius 2 is 2.83 bits per heavy atom. The first-order valence-corrected chi connectivity index (χ1v) is 1.57. The maximum Gasteiger partial charge on any atom is 0.357 e. The van der Waals surface area contributed by atoms with Crippen LogP contribution in [-0.4, -0.2) is 11.6 Å². The summed E-state index contributed by atoms with van der Waals surface area (Å²) in [4.78, 5) is 14.1. The molecule has 0 saturated carbocycles. The van der Waals surface area contributed by atoms with Crippen LogP contribution in [-0.2, 0) is 4.84 Å². The van der Waals surface area contributed by atoms with Gasteiger partial charge in [-0.25, -0.2) is 4.84 Å². The van der Waals surface area contributed by atoms with Crippen LogP contribution < -0.4 is 5.43 Å². The maximum absolute atomic E-state index is 9.80. The van der Waals surface area contributed by atoms with Gasteiger partial charge in [-0.2, -0.15) is 0 Å². The Labute approximate surface area is 34.6 Å². The van der Waals surface area contributed by atoms with Gasteiger partial charge in [-0.15, -0.1) is 0 Å². The van der Waals surface area contributed by atoms with Crippen LogP contribution in [0.1, 0.15) is 0 Å². The highest BCUT2D eigenvalue weighted by Gasteiger charge is 2.16. The standard InChI is InChI=1S/C2H4N2O2/c5-4-3-1-2-6-4/h1H,2H2,(H,3,5)/q+1. The first-order chi connectivity index (χ1) is 2.89. The Hall–Kier alpha value is -0.800. The summed E-state index contributed by atoms with van der Waals surface area (Å²) in [6, 6.07) is 0. The molecule has 0 unspecified atom stereocenters. The van der Waals surface area contributed by atoms with Gasteiger partial charge in [0.15, 0.2) is 13.2 Å². The largest absolute Gasteiger partial charge is 0.357 e. The Kier molecular flexibility index (Phi) is 0.633. The number of nitrogens with zero attached hydrogens (tertiary/aromatic N) is 1. The summed E-state index contributed by atoms with van der Waals surface area (Å²) in [6.45, 7) is 1.89. The van der Waals surface area contributed by atoms with E-state index in [0.717, 1.165) is 0 Å². The second-order valence-corrected chi connectivity index (χ2v) is 0.886. The van der Waals surface area contributed by atoms with Crippen molar-refractivity contribution in [1.82, 2.24) is 5.43 Å². The molecule has 1 saturated heterocycles. The van der Waals surface area contributed by atoms with Gasteiger partial charge in [-0.3, -0.25) is 0 Å². The molecular formula is C2H4N2O2+. The Morgan fingerprint density at radius 3 is 3.00 bits per heavy atom. The molecule has 0 aliphatic carbocycles. The van der Waals surface area contributed by atoms with E-state index in [2.05, 4.69) is 10.3 Å². The summed E-state index contributed by atoms with van der Waals surface area (Å²) in [7, 11) is 0. The quantitative estimate of drug-likeness (QED) is 0.429. The van der Waals surface area contributed by atoms with Crippen molar-refractivity contribution in [1.29, 1.82) is 0 Å². The summed E-state index contributed by atoms with van der Waals surface area (Å²) in [5, 5.41) is 0.306.